The SMILES string of the molecule is CC1CC=CN2B1C=CC1=C2CCC=C1. The quantitative estimate of drug-likeness (QED) is 0.538. The minimum atomic E-state index is 0.597. The normalized spacial score (nSPS) is 28.2. The molecule has 0 saturated heterocycles. The summed E-state index contributed by atoms with van der Waals surface area (Å²) in [5.41, 5.74) is 2.93. The molecule has 0 fully saturated rings. The highest BCUT2D eigenvalue weighted by molar-refractivity contribution is 6.64. The number of fused-ring (bicyclic) bond motifs is 2. The second-order valence-electron chi connectivity index (χ2n) is 4.70. The average molecular weight is 197 g/mol. The Hall–Kier alpha value is -1.18. The molecular formula is C13H16BN. The van der Waals surface area contributed by atoms with Crippen LogP contribution in [0.5, 0.6) is 0 Å². The Kier molecular flexibility index (Phi) is 2.08. The van der Waals surface area contributed by atoms with Crippen LogP contribution in [0.15, 0.2) is 47.7 Å². The zero-order valence-electron chi connectivity index (χ0n) is 9.19. The molecule has 2 heteroatoms. The van der Waals surface area contributed by atoms with E-state index in [2.05, 4.69) is 48.2 Å². The van der Waals surface area contributed by atoms with Crippen LogP contribution < -0.4 is 0 Å². The third kappa shape index (κ3) is 1.39. The zero-order valence-corrected chi connectivity index (χ0v) is 9.19. The highest BCUT2D eigenvalue weighted by Gasteiger charge is 2.32. The summed E-state index contributed by atoms with van der Waals surface area (Å²) in [7, 11) is 0. The Bertz CT molecular complexity index is 389. The van der Waals surface area contributed by atoms with Crippen LogP contribution in [0.4, 0.5) is 0 Å². The molecule has 1 nitrogen and oxygen atoms in total. The van der Waals surface area contributed by atoms with Gasteiger partial charge in [-0.1, -0.05) is 37.2 Å². The van der Waals surface area contributed by atoms with Crippen molar-refractivity contribution in [1.29, 1.82) is 0 Å². The van der Waals surface area contributed by atoms with Crippen LogP contribution in [0.1, 0.15) is 26.2 Å². The van der Waals surface area contributed by atoms with Crippen LogP contribution in [-0.4, -0.2) is 11.7 Å². The topological polar surface area (TPSA) is 3.24 Å². The fourth-order valence-electron chi connectivity index (χ4n) is 2.76. The lowest BCUT2D eigenvalue weighted by Gasteiger charge is -2.39. The second-order valence-corrected chi connectivity index (χ2v) is 4.70. The molecule has 0 aromatic carbocycles. The molecule has 0 saturated carbocycles. The third-order valence-corrected chi connectivity index (χ3v) is 3.64. The van der Waals surface area contributed by atoms with Gasteiger partial charge in [0.25, 0.3) is 6.85 Å². The molecule has 0 N–H and O–H groups in total. The van der Waals surface area contributed by atoms with Gasteiger partial charge in [0, 0.05) is 5.70 Å². The highest BCUT2D eigenvalue weighted by Crippen LogP contribution is 2.35. The van der Waals surface area contributed by atoms with Gasteiger partial charge in [-0.15, -0.1) is 0 Å². The predicted molar refractivity (Wildman–Crippen MR) is 65.3 cm³/mol. The minimum absolute atomic E-state index is 0.597. The first-order valence-corrected chi connectivity index (χ1v) is 5.89. The van der Waals surface area contributed by atoms with E-state index in [1.54, 1.807) is 0 Å². The van der Waals surface area contributed by atoms with Crippen LogP contribution >= 0.6 is 0 Å². The van der Waals surface area contributed by atoms with Crippen molar-refractivity contribution in [2.24, 2.45) is 0 Å². The maximum atomic E-state index is 2.48. The third-order valence-electron chi connectivity index (χ3n) is 3.64. The Labute approximate surface area is 91.9 Å². The standard InChI is InChI=1S/C13H16BN/c1-11-5-4-10-15-13-7-3-2-6-12(13)8-9-14(11)15/h2,4,6,8-11H,3,5,7H2,1H3. The first kappa shape index (κ1) is 9.08. The van der Waals surface area contributed by atoms with E-state index < -0.39 is 0 Å². The molecule has 3 aliphatic rings. The molecule has 1 unspecified atom stereocenters. The number of hydrogen-bond acceptors (Lipinski definition) is 1. The Morgan fingerprint density at radius 1 is 1.33 bits per heavy atom. The lowest BCUT2D eigenvalue weighted by atomic mass is 9.46. The average Bonchev–Trinajstić information content (AvgIpc) is 2.29. The summed E-state index contributed by atoms with van der Waals surface area (Å²) < 4.78 is 0. The van der Waals surface area contributed by atoms with E-state index in [9.17, 15) is 0 Å². The van der Waals surface area contributed by atoms with E-state index in [1.165, 1.54) is 30.5 Å². The Balaban J connectivity index is 2.02. The van der Waals surface area contributed by atoms with E-state index in [-0.39, 0.29) is 0 Å². The van der Waals surface area contributed by atoms with Crippen LogP contribution in [0.3, 0.4) is 0 Å². The van der Waals surface area contributed by atoms with Gasteiger partial charge in [0.15, 0.2) is 0 Å². The molecular weight excluding hydrogens is 181 g/mol. The second kappa shape index (κ2) is 3.44. The summed E-state index contributed by atoms with van der Waals surface area (Å²) in [4.78, 5) is 2.48. The summed E-state index contributed by atoms with van der Waals surface area (Å²) >= 11 is 0. The number of nitrogens with zero attached hydrogens (tertiary/aromatic N) is 1. The number of hydrogen-bond donors (Lipinski definition) is 0. The van der Waals surface area contributed by atoms with Gasteiger partial charge in [0.05, 0.1) is 0 Å². The number of allylic oxidation sites excluding steroid dienone is 6. The molecule has 2 aliphatic heterocycles. The highest BCUT2D eigenvalue weighted by atomic mass is 15.1. The molecule has 2 heterocycles. The van der Waals surface area contributed by atoms with Gasteiger partial charge >= 0.3 is 0 Å². The van der Waals surface area contributed by atoms with Gasteiger partial charge in [-0.3, -0.25) is 0 Å². The molecule has 0 aromatic rings. The lowest BCUT2D eigenvalue weighted by molar-refractivity contribution is 0.606. The molecule has 76 valence electrons. The molecule has 0 aromatic heterocycles. The van der Waals surface area contributed by atoms with E-state index in [4.69, 9.17) is 0 Å². The fourth-order valence-corrected chi connectivity index (χ4v) is 2.76. The largest absolute Gasteiger partial charge is 0.391 e. The Morgan fingerprint density at radius 3 is 3.20 bits per heavy atom. The van der Waals surface area contributed by atoms with Gasteiger partial charge in [0.2, 0.25) is 0 Å². The maximum Gasteiger partial charge on any atom is 0.288 e. The molecule has 1 aliphatic carbocycles. The molecule has 0 bridgehead atoms. The molecule has 0 radical (unpaired) electrons. The first-order valence-electron chi connectivity index (χ1n) is 5.89. The van der Waals surface area contributed by atoms with Gasteiger partial charge in [-0.2, -0.15) is 0 Å². The number of rotatable bonds is 0. The predicted octanol–water partition coefficient (Wildman–Crippen LogP) is 3.30. The van der Waals surface area contributed by atoms with E-state index >= 15 is 0 Å². The summed E-state index contributed by atoms with van der Waals surface area (Å²) in [5.74, 6) is 3.11. The van der Waals surface area contributed by atoms with Gasteiger partial charge < -0.3 is 4.81 Å². The van der Waals surface area contributed by atoms with E-state index in [0.29, 0.717) is 6.85 Å². The lowest BCUT2D eigenvalue weighted by Crippen LogP contribution is -2.41. The van der Waals surface area contributed by atoms with Crippen molar-refractivity contribution in [3.8, 4) is 0 Å². The zero-order chi connectivity index (χ0) is 10.3. The van der Waals surface area contributed by atoms with Crippen molar-refractivity contribution in [2.45, 2.75) is 32.0 Å². The molecule has 15 heavy (non-hydrogen) atoms. The van der Waals surface area contributed by atoms with Crippen molar-refractivity contribution in [2.75, 3.05) is 0 Å². The van der Waals surface area contributed by atoms with Crippen molar-refractivity contribution in [3.63, 3.8) is 0 Å². The molecule has 1 atom stereocenters. The van der Waals surface area contributed by atoms with E-state index in [1.807, 2.05) is 0 Å². The monoisotopic (exact) mass is 197 g/mol. The van der Waals surface area contributed by atoms with E-state index in [0.717, 1.165) is 5.82 Å². The summed E-state index contributed by atoms with van der Waals surface area (Å²) in [6, 6.07) is 0. The first-order chi connectivity index (χ1) is 7.36. The molecule has 3 rings (SSSR count). The molecule has 0 spiro atoms. The van der Waals surface area contributed by atoms with Crippen LogP contribution in [0.2, 0.25) is 5.82 Å². The van der Waals surface area contributed by atoms with Gasteiger partial charge in [0.1, 0.15) is 0 Å². The molecule has 0 amide bonds. The van der Waals surface area contributed by atoms with Crippen molar-refractivity contribution < 1.29 is 0 Å². The van der Waals surface area contributed by atoms with Crippen LogP contribution in [-0.2, 0) is 0 Å². The maximum absolute atomic E-state index is 2.48. The van der Waals surface area contributed by atoms with Crippen molar-refractivity contribution in [1.82, 2.24) is 4.81 Å². The van der Waals surface area contributed by atoms with Crippen LogP contribution in [0.25, 0.3) is 0 Å². The van der Waals surface area contributed by atoms with Crippen LogP contribution in [0, 0.1) is 0 Å². The van der Waals surface area contributed by atoms with Crippen molar-refractivity contribution in [3.05, 3.63) is 47.7 Å². The Morgan fingerprint density at radius 2 is 2.27 bits per heavy atom. The minimum Gasteiger partial charge on any atom is -0.391 e. The summed E-state index contributed by atoms with van der Waals surface area (Å²) in [6.45, 7) is 2.94. The fraction of sp³-hybridized carbons (Fsp3) is 0.385. The smallest absolute Gasteiger partial charge is 0.288 e. The van der Waals surface area contributed by atoms with Gasteiger partial charge in [-0.05, 0) is 36.9 Å². The summed E-state index contributed by atoms with van der Waals surface area (Å²) in [6.07, 6.45) is 15.0. The van der Waals surface area contributed by atoms with Gasteiger partial charge in [-0.25, -0.2) is 0 Å². The van der Waals surface area contributed by atoms with Crippen molar-refractivity contribution >= 4 is 6.85 Å². The summed E-state index contributed by atoms with van der Waals surface area (Å²) in [5, 5.41) is 0.